The predicted molar refractivity (Wildman–Crippen MR) is 243 cm³/mol. The van der Waals surface area contributed by atoms with Crippen molar-refractivity contribution in [2.75, 3.05) is 32.7 Å². The largest absolute Gasteiger partial charge is 0.354 e. The lowest BCUT2D eigenvalue weighted by Gasteiger charge is -2.28. The van der Waals surface area contributed by atoms with Crippen LogP contribution >= 0.6 is 0 Å². The van der Waals surface area contributed by atoms with E-state index < -0.39 is 101 Å². The number of amides is 9. The molecule has 2 unspecified atom stereocenters. The molecular weight excluding hydrogens is 843 g/mol. The zero-order valence-electron chi connectivity index (χ0n) is 38.2. The third-order valence-electron chi connectivity index (χ3n) is 10.5. The van der Waals surface area contributed by atoms with E-state index in [0.717, 1.165) is 0 Å². The molecule has 8 atom stereocenters. The molecular formula is C43H73N13O9. The molecule has 1 aliphatic heterocycles. The number of nitrogens with two attached hydrogens (primary N) is 4. The van der Waals surface area contributed by atoms with Gasteiger partial charge >= 0.3 is 0 Å². The van der Waals surface area contributed by atoms with Gasteiger partial charge in [0.1, 0.15) is 48.3 Å². The van der Waals surface area contributed by atoms with Crippen LogP contribution in [-0.2, 0) is 49.6 Å². The standard InChI is InChI=1S/C43H73N13O9/c1-5-10-35(57)49-28(13-18-44)37(59)54-32-17-22-48-36(58)27(6-2)50-38(60)29(14-19-45)51-39(61)30(15-20-46)53-42(64)33(23-25(3)4)55-43(65)34(24-26-11-8-7-9-12-26)56-40(62)31(16-21-47)52-41(32)63/h7-9,11-12,25,27-34H,5-6,10,13-24,44-47H2,1-4H3,(H,48,58)(H,49,57)(H,50,60)(H,51,61)(H,52,63)(H,53,64)(H,54,59)(H,55,65)(H,56,62)/t27?,28-,29-,30-,31-,32?,33-,34+/m0/s1. The zero-order chi connectivity index (χ0) is 48.5. The maximum absolute atomic E-state index is 14.2. The first-order valence-corrected chi connectivity index (χ1v) is 22.6. The fourth-order valence-electron chi connectivity index (χ4n) is 6.99. The van der Waals surface area contributed by atoms with Crippen molar-refractivity contribution >= 4 is 53.2 Å². The van der Waals surface area contributed by atoms with Crippen molar-refractivity contribution < 1.29 is 43.2 Å². The molecule has 1 aromatic rings. The Hall–Kier alpha value is -5.71. The first-order chi connectivity index (χ1) is 31.0. The lowest BCUT2D eigenvalue weighted by atomic mass is 10.00. The molecule has 22 heteroatoms. The smallest absolute Gasteiger partial charge is 0.243 e. The van der Waals surface area contributed by atoms with Gasteiger partial charge in [0.05, 0.1) is 0 Å². The molecule has 9 amide bonds. The number of hydrogen-bond donors (Lipinski definition) is 13. The Morgan fingerprint density at radius 3 is 1.60 bits per heavy atom. The van der Waals surface area contributed by atoms with Crippen LogP contribution in [0.25, 0.3) is 0 Å². The number of carbonyl (C=O) groups excluding carboxylic acids is 9. The fraction of sp³-hybridized carbons (Fsp3) is 0.651. The summed E-state index contributed by atoms with van der Waals surface area (Å²) in [6, 6.07) is -1.21. The Morgan fingerprint density at radius 2 is 1.11 bits per heavy atom. The summed E-state index contributed by atoms with van der Waals surface area (Å²) >= 11 is 0. The van der Waals surface area contributed by atoms with Gasteiger partial charge in [0.15, 0.2) is 0 Å². The van der Waals surface area contributed by atoms with Crippen molar-refractivity contribution in [2.24, 2.45) is 28.9 Å². The van der Waals surface area contributed by atoms with Gasteiger partial charge in [-0.25, -0.2) is 0 Å². The fourth-order valence-corrected chi connectivity index (χ4v) is 6.99. The highest BCUT2D eigenvalue weighted by Crippen LogP contribution is 2.11. The van der Waals surface area contributed by atoms with E-state index >= 15 is 0 Å². The van der Waals surface area contributed by atoms with Crippen LogP contribution in [0.15, 0.2) is 30.3 Å². The number of hydrogen-bond acceptors (Lipinski definition) is 13. The van der Waals surface area contributed by atoms with Crippen LogP contribution in [-0.4, -0.2) is 134 Å². The molecule has 1 fully saturated rings. The van der Waals surface area contributed by atoms with Crippen molar-refractivity contribution in [3.05, 3.63) is 35.9 Å². The normalized spacial score (nSPS) is 24.0. The van der Waals surface area contributed by atoms with Gasteiger partial charge in [0, 0.05) is 19.4 Å². The maximum atomic E-state index is 14.2. The minimum atomic E-state index is -1.40. The first-order valence-electron chi connectivity index (χ1n) is 22.6. The topological polar surface area (TPSA) is 366 Å². The second-order valence-electron chi connectivity index (χ2n) is 16.4. The summed E-state index contributed by atoms with van der Waals surface area (Å²) in [5.74, 6) is -6.57. The van der Waals surface area contributed by atoms with E-state index in [0.29, 0.717) is 12.0 Å². The van der Waals surface area contributed by atoms with Gasteiger partial charge in [0.2, 0.25) is 53.2 Å². The molecule has 0 aliphatic carbocycles. The Kier molecular flexibility index (Phi) is 25.3. The Labute approximate surface area is 381 Å². The predicted octanol–water partition coefficient (Wildman–Crippen LogP) is -3.72. The lowest BCUT2D eigenvalue weighted by molar-refractivity contribution is -0.136. The molecule has 0 aromatic heterocycles. The molecule has 364 valence electrons. The van der Waals surface area contributed by atoms with Crippen LogP contribution in [0, 0.1) is 5.92 Å². The zero-order valence-corrected chi connectivity index (χ0v) is 38.2. The molecule has 0 saturated carbocycles. The Morgan fingerprint density at radius 1 is 0.631 bits per heavy atom. The highest BCUT2D eigenvalue weighted by Gasteiger charge is 2.35. The number of rotatable bonds is 18. The van der Waals surface area contributed by atoms with E-state index in [1.54, 1.807) is 44.2 Å². The van der Waals surface area contributed by atoms with E-state index in [1.165, 1.54) is 0 Å². The number of carbonyl (C=O) groups is 9. The van der Waals surface area contributed by atoms with Crippen LogP contribution in [0.5, 0.6) is 0 Å². The number of benzene rings is 1. The Balaban J connectivity index is 2.70. The first kappa shape index (κ1) is 55.4. The average molecular weight is 916 g/mol. The molecule has 0 radical (unpaired) electrons. The van der Waals surface area contributed by atoms with E-state index in [-0.39, 0.29) is 96.4 Å². The molecule has 1 aliphatic rings. The SMILES string of the molecule is CCCC(=O)N[C@@H](CCN)C(=O)NC1CCNC(=O)C(CC)NC(=O)[C@H](CCN)NC(=O)[C@H](CCN)NC(=O)[C@H](CC(C)C)NC(=O)[C@@H](Cc2ccccc2)NC(=O)[C@H](CCN)NC1=O. The van der Waals surface area contributed by atoms with Gasteiger partial charge in [-0.05, 0) is 89.0 Å². The summed E-state index contributed by atoms with van der Waals surface area (Å²) in [7, 11) is 0. The van der Waals surface area contributed by atoms with Crippen molar-refractivity contribution in [2.45, 2.75) is 140 Å². The van der Waals surface area contributed by atoms with Crippen molar-refractivity contribution in [1.29, 1.82) is 0 Å². The van der Waals surface area contributed by atoms with Gasteiger partial charge in [-0.15, -0.1) is 0 Å². The lowest BCUT2D eigenvalue weighted by Crippen LogP contribution is -2.61. The Bertz CT molecular complexity index is 1740. The van der Waals surface area contributed by atoms with E-state index in [1.807, 2.05) is 13.8 Å². The summed E-state index contributed by atoms with van der Waals surface area (Å²) in [6.45, 7) is 6.72. The number of nitrogens with one attached hydrogen (secondary N) is 9. The van der Waals surface area contributed by atoms with Gasteiger partial charge < -0.3 is 70.8 Å². The van der Waals surface area contributed by atoms with Gasteiger partial charge in [-0.3, -0.25) is 43.2 Å². The summed E-state index contributed by atoms with van der Waals surface area (Å²) < 4.78 is 0. The molecule has 0 spiro atoms. The molecule has 65 heavy (non-hydrogen) atoms. The second-order valence-corrected chi connectivity index (χ2v) is 16.4. The van der Waals surface area contributed by atoms with Crippen molar-refractivity contribution in [3.8, 4) is 0 Å². The van der Waals surface area contributed by atoms with Crippen LogP contribution in [0.2, 0.25) is 0 Å². The molecule has 0 bridgehead atoms. The summed E-state index contributed by atoms with van der Waals surface area (Å²) in [5, 5.41) is 23.9. The third kappa shape index (κ3) is 19.5. The molecule has 22 nitrogen and oxygen atoms in total. The maximum Gasteiger partial charge on any atom is 0.243 e. The van der Waals surface area contributed by atoms with Crippen LogP contribution < -0.4 is 70.8 Å². The highest BCUT2D eigenvalue weighted by molar-refractivity contribution is 5.98. The van der Waals surface area contributed by atoms with E-state index in [4.69, 9.17) is 22.9 Å². The van der Waals surface area contributed by atoms with E-state index in [2.05, 4.69) is 47.9 Å². The molecule has 17 N–H and O–H groups in total. The second kappa shape index (κ2) is 29.7. The monoisotopic (exact) mass is 916 g/mol. The van der Waals surface area contributed by atoms with Gasteiger partial charge in [-0.2, -0.15) is 0 Å². The molecule has 2 rings (SSSR count). The van der Waals surface area contributed by atoms with Crippen molar-refractivity contribution in [3.63, 3.8) is 0 Å². The molecule has 1 heterocycles. The minimum absolute atomic E-state index is 0.0188. The average Bonchev–Trinajstić information content (AvgIpc) is 3.26. The van der Waals surface area contributed by atoms with Crippen LogP contribution in [0.4, 0.5) is 0 Å². The van der Waals surface area contributed by atoms with Crippen LogP contribution in [0.1, 0.15) is 91.0 Å². The van der Waals surface area contributed by atoms with Crippen LogP contribution in [0.3, 0.4) is 0 Å². The van der Waals surface area contributed by atoms with Gasteiger partial charge in [0.25, 0.3) is 0 Å². The molecule has 1 aromatic carbocycles. The quantitative estimate of drug-likeness (QED) is 0.0675. The molecule has 1 saturated heterocycles. The summed E-state index contributed by atoms with van der Waals surface area (Å²) in [6.07, 6.45) is 0.456. The highest BCUT2D eigenvalue weighted by atomic mass is 16.2. The summed E-state index contributed by atoms with van der Waals surface area (Å²) in [4.78, 5) is 123. The minimum Gasteiger partial charge on any atom is -0.354 e. The van der Waals surface area contributed by atoms with Gasteiger partial charge in [-0.1, -0.05) is 58.0 Å². The summed E-state index contributed by atoms with van der Waals surface area (Å²) in [5.41, 5.74) is 24.0. The van der Waals surface area contributed by atoms with Crippen molar-refractivity contribution in [1.82, 2.24) is 47.9 Å². The van der Waals surface area contributed by atoms with E-state index in [9.17, 15) is 43.2 Å². The third-order valence-corrected chi connectivity index (χ3v) is 10.5.